The van der Waals surface area contributed by atoms with Crippen molar-refractivity contribution in [1.29, 1.82) is 0 Å². The number of hydrogen-bond donors (Lipinski definition) is 2. The Morgan fingerprint density at radius 2 is 1.81 bits per heavy atom. The SMILES string of the molecule is CNC(=O)Cc1ncc(NC(=O)c2cc(-c3ccn(C)n3)c(C(F)(F)F)cc2F)c(-c2ccccc2)n1. The third-order valence-corrected chi connectivity index (χ3v) is 5.38. The molecule has 0 aliphatic carbocycles. The molecule has 0 atom stereocenters. The summed E-state index contributed by atoms with van der Waals surface area (Å²) in [6.07, 6.45) is -2.31. The first kappa shape index (κ1) is 25.5. The van der Waals surface area contributed by atoms with E-state index in [9.17, 15) is 27.2 Å². The van der Waals surface area contributed by atoms with E-state index in [1.54, 1.807) is 30.3 Å². The molecule has 0 unspecified atom stereocenters. The van der Waals surface area contributed by atoms with Crippen LogP contribution < -0.4 is 10.6 Å². The highest BCUT2D eigenvalue weighted by Crippen LogP contribution is 2.38. The lowest BCUT2D eigenvalue weighted by molar-refractivity contribution is -0.137. The van der Waals surface area contributed by atoms with Crippen LogP contribution in [0.4, 0.5) is 23.2 Å². The van der Waals surface area contributed by atoms with E-state index in [0.717, 1.165) is 6.07 Å². The number of aromatic nitrogens is 4. The summed E-state index contributed by atoms with van der Waals surface area (Å²) < 4.78 is 57.1. The summed E-state index contributed by atoms with van der Waals surface area (Å²) in [4.78, 5) is 33.3. The number of hydrogen-bond acceptors (Lipinski definition) is 5. The van der Waals surface area contributed by atoms with Gasteiger partial charge in [-0.2, -0.15) is 18.3 Å². The topological polar surface area (TPSA) is 102 Å². The van der Waals surface area contributed by atoms with Gasteiger partial charge in [0.05, 0.1) is 40.8 Å². The molecule has 0 aliphatic heterocycles. The molecule has 0 spiro atoms. The molecule has 0 saturated heterocycles. The van der Waals surface area contributed by atoms with E-state index in [1.807, 2.05) is 0 Å². The molecule has 0 aliphatic rings. The Kier molecular flexibility index (Phi) is 7.00. The molecule has 2 N–H and O–H groups in total. The van der Waals surface area contributed by atoms with E-state index in [2.05, 4.69) is 25.7 Å². The largest absolute Gasteiger partial charge is 0.417 e. The number of likely N-dealkylation sites (N-methyl/N-ethyl adjacent to an activating group) is 1. The molecule has 2 aromatic heterocycles. The van der Waals surface area contributed by atoms with E-state index in [4.69, 9.17) is 0 Å². The van der Waals surface area contributed by atoms with Gasteiger partial charge in [-0.1, -0.05) is 30.3 Å². The minimum absolute atomic E-state index is 0.0734. The van der Waals surface area contributed by atoms with Gasteiger partial charge in [0.1, 0.15) is 11.6 Å². The summed E-state index contributed by atoms with van der Waals surface area (Å²) in [6, 6.07) is 11.1. The van der Waals surface area contributed by atoms with Crippen LogP contribution in [0.5, 0.6) is 0 Å². The summed E-state index contributed by atoms with van der Waals surface area (Å²) in [5, 5.41) is 8.93. The third kappa shape index (κ3) is 5.63. The molecule has 2 heterocycles. The van der Waals surface area contributed by atoms with Gasteiger partial charge in [0.15, 0.2) is 0 Å². The molecule has 4 rings (SSSR count). The zero-order valence-electron chi connectivity index (χ0n) is 19.6. The highest BCUT2D eigenvalue weighted by molar-refractivity contribution is 6.06. The smallest absolute Gasteiger partial charge is 0.359 e. The Bertz CT molecular complexity index is 1470. The van der Waals surface area contributed by atoms with Crippen molar-refractivity contribution < 1.29 is 27.2 Å². The second kappa shape index (κ2) is 10.2. The normalized spacial score (nSPS) is 11.3. The molecular weight excluding hydrogens is 492 g/mol. The number of amides is 2. The fourth-order valence-corrected chi connectivity index (χ4v) is 3.59. The molecule has 37 heavy (non-hydrogen) atoms. The highest BCUT2D eigenvalue weighted by Gasteiger charge is 2.36. The number of benzene rings is 2. The number of anilines is 1. The first-order valence-electron chi connectivity index (χ1n) is 10.9. The second-order valence-electron chi connectivity index (χ2n) is 7.97. The van der Waals surface area contributed by atoms with E-state index in [0.29, 0.717) is 5.56 Å². The number of halogens is 4. The zero-order valence-corrected chi connectivity index (χ0v) is 19.6. The van der Waals surface area contributed by atoms with Gasteiger partial charge >= 0.3 is 6.18 Å². The first-order chi connectivity index (χ1) is 17.6. The fourth-order valence-electron chi connectivity index (χ4n) is 3.59. The summed E-state index contributed by atoms with van der Waals surface area (Å²) in [7, 11) is 2.99. The van der Waals surface area contributed by atoms with E-state index in [1.165, 1.54) is 37.2 Å². The standard InChI is InChI=1S/C25H20F4N6O2/c1-30-22(36)12-21-31-13-20(23(33-21)14-6-4-3-5-7-14)32-24(37)16-10-15(19-8-9-35(2)34-19)17(11-18(16)26)25(27,28)29/h3-11,13H,12H2,1-2H3,(H,30,36)(H,32,37). The van der Waals surface area contributed by atoms with Crippen molar-refractivity contribution in [3.63, 3.8) is 0 Å². The van der Waals surface area contributed by atoms with Gasteiger partial charge in [-0.3, -0.25) is 14.3 Å². The van der Waals surface area contributed by atoms with Crippen LogP contribution in [0.15, 0.2) is 60.9 Å². The van der Waals surface area contributed by atoms with Crippen LogP contribution in [0.2, 0.25) is 0 Å². The molecule has 8 nitrogen and oxygen atoms in total. The zero-order chi connectivity index (χ0) is 26.7. The molecule has 2 amide bonds. The monoisotopic (exact) mass is 512 g/mol. The molecule has 2 aromatic carbocycles. The van der Waals surface area contributed by atoms with Gasteiger partial charge in [0, 0.05) is 31.4 Å². The van der Waals surface area contributed by atoms with Gasteiger partial charge in [-0.15, -0.1) is 0 Å². The predicted octanol–water partition coefficient (Wildman–Crippen LogP) is 4.24. The lowest BCUT2D eigenvalue weighted by Crippen LogP contribution is -2.22. The van der Waals surface area contributed by atoms with Gasteiger partial charge in [-0.05, 0) is 18.2 Å². The van der Waals surface area contributed by atoms with Crippen LogP contribution in [-0.2, 0) is 24.4 Å². The van der Waals surface area contributed by atoms with Gasteiger partial charge in [-0.25, -0.2) is 14.4 Å². The maximum Gasteiger partial charge on any atom is 0.417 e. The third-order valence-electron chi connectivity index (χ3n) is 5.38. The van der Waals surface area contributed by atoms with Crippen LogP contribution in [0.3, 0.4) is 0 Å². The lowest BCUT2D eigenvalue weighted by atomic mass is 9.99. The molecule has 4 aromatic rings. The average Bonchev–Trinajstić information content (AvgIpc) is 3.30. The number of carbonyl (C=O) groups excluding carboxylic acids is 2. The second-order valence-corrected chi connectivity index (χ2v) is 7.97. The van der Waals surface area contributed by atoms with Crippen LogP contribution in [0.1, 0.15) is 21.7 Å². The Morgan fingerprint density at radius 3 is 2.43 bits per heavy atom. The molecule has 0 bridgehead atoms. The van der Waals surface area contributed by atoms with Crippen molar-refractivity contribution in [3.8, 4) is 22.5 Å². The number of carbonyl (C=O) groups is 2. The minimum Gasteiger partial charge on any atom is -0.359 e. The molecule has 0 saturated carbocycles. The lowest BCUT2D eigenvalue weighted by Gasteiger charge is -2.15. The van der Waals surface area contributed by atoms with Crippen molar-refractivity contribution >= 4 is 17.5 Å². The predicted molar refractivity (Wildman–Crippen MR) is 127 cm³/mol. The van der Waals surface area contributed by atoms with Crippen LogP contribution in [0, 0.1) is 5.82 Å². The summed E-state index contributed by atoms with van der Waals surface area (Å²) in [6.45, 7) is 0. The molecule has 0 fully saturated rings. The first-order valence-corrected chi connectivity index (χ1v) is 10.9. The van der Waals surface area contributed by atoms with E-state index in [-0.39, 0.29) is 41.3 Å². The van der Waals surface area contributed by atoms with Crippen molar-refractivity contribution in [2.45, 2.75) is 12.6 Å². The molecule has 12 heteroatoms. The Morgan fingerprint density at radius 1 is 1.08 bits per heavy atom. The van der Waals surface area contributed by atoms with Crippen molar-refractivity contribution in [1.82, 2.24) is 25.1 Å². The van der Waals surface area contributed by atoms with E-state index < -0.39 is 34.6 Å². The number of nitrogens with one attached hydrogen (secondary N) is 2. The molecular formula is C25H20F4N6O2. The van der Waals surface area contributed by atoms with Crippen molar-refractivity contribution in [2.75, 3.05) is 12.4 Å². The number of aryl methyl sites for hydroxylation is 1. The Hall–Kier alpha value is -4.61. The van der Waals surface area contributed by atoms with E-state index >= 15 is 0 Å². The molecule has 0 radical (unpaired) electrons. The fraction of sp³-hybridized carbons (Fsp3) is 0.160. The number of nitrogens with zero attached hydrogens (tertiary/aromatic N) is 4. The highest BCUT2D eigenvalue weighted by atomic mass is 19.4. The maximum absolute atomic E-state index is 14.8. The quantitative estimate of drug-likeness (QED) is 0.377. The summed E-state index contributed by atoms with van der Waals surface area (Å²) >= 11 is 0. The van der Waals surface area contributed by atoms with Gasteiger partial charge in [0.25, 0.3) is 5.91 Å². The minimum atomic E-state index is -4.88. The summed E-state index contributed by atoms with van der Waals surface area (Å²) in [5.41, 5.74) is -1.50. The maximum atomic E-state index is 14.8. The van der Waals surface area contributed by atoms with Crippen LogP contribution >= 0.6 is 0 Å². The number of rotatable bonds is 6. The molecule has 190 valence electrons. The van der Waals surface area contributed by atoms with Crippen molar-refractivity contribution in [2.24, 2.45) is 7.05 Å². The Balaban J connectivity index is 1.76. The van der Waals surface area contributed by atoms with Gasteiger partial charge < -0.3 is 10.6 Å². The summed E-state index contributed by atoms with van der Waals surface area (Å²) in [5.74, 6) is -2.52. The number of alkyl halides is 3. The Labute approximate surface area is 208 Å². The van der Waals surface area contributed by atoms with Crippen LogP contribution in [-0.4, -0.2) is 38.6 Å². The van der Waals surface area contributed by atoms with Crippen LogP contribution in [0.25, 0.3) is 22.5 Å². The van der Waals surface area contributed by atoms with Crippen molar-refractivity contribution in [3.05, 3.63) is 83.7 Å². The van der Waals surface area contributed by atoms with Gasteiger partial charge in [0.2, 0.25) is 5.91 Å². The average molecular weight is 512 g/mol.